The third-order valence-corrected chi connectivity index (χ3v) is 3.75. The number of aliphatic hydroxyl groups excluding tert-OH is 1. The van der Waals surface area contributed by atoms with E-state index in [-0.39, 0.29) is 12.5 Å². The molecule has 0 spiro atoms. The molecule has 1 unspecified atom stereocenters. The number of nitrogens with one attached hydrogen (secondary N) is 1. The minimum absolute atomic E-state index is 0.258. The van der Waals surface area contributed by atoms with Gasteiger partial charge in [-0.05, 0) is 30.0 Å². The van der Waals surface area contributed by atoms with Crippen LogP contribution in [0.5, 0.6) is 0 Å². The summed E-state index contributed by atoms with van der Waals surface area (Å²) in [7, 11) is 0. The van der Waals surface area contributed by atoms with Gasteiger partial charge >= 0.3 is 0 Å². The van der Waals surface area contributed by atoms with Gasteiger partial charge < -0.3 is 10.4 Å². The van der Waals surface area contributed by atoms with E-state index in [1.165, 1.54) is 17.4 Å². The Labute approximate surface area is 118 Å². The summed E-state index contributed by atoms with van der Waals surface area (Å²) in [5.41, 5.74) is 0.880. The number of thiophene rings is 1. The number of amides is 1. The molecule has 1 atom stereocenters. The van der Waals surface area contributed by atoms with Crippen molar-refractivity contribution in [2.45, 2.75) is 13.0 Å². The van der Waals surface area contributed by atoms with Gasteiger partial charge in [0.15, 0.2) is 0 Å². The lowest BCUT2D eigenvalue weighted by molar-refractivity contribution is 0.0911. The molecule has 0 aliphatic rings. The molecule has 1 aromatic carbocycles. The summed E-state index contributed by atoms with van der Waals surface area (Å²) in [6, 6.07) is 3.34. The van der Waals surface area contributed by atoms with Crippen LogP contribution < -0.4 is 5.32 Å². The predicted molar refractivity (Wildman–Crippen MR) is 72.7 cm³/mol. The minimum Gasteiger partial charge on any atom is -0.386 e. The number of hydrogen-bond acceptors (Lipinski definition) is 3. The molecule has 0 aliphatic carbocycles. The Hall–Kier alpha value is -1.79. The van der Waals surface area contributed by atoms with E-state index in [1.54, 1.807) is 12.3 Å². The van der Waals surface area contributed by atoms with Crippen molar-refractivity contribution in [2.75, 3.05) is 6.54 Å². The van der Waals surface area contributed by atoms with Gasteiger partial charge in [-0.25, -0.2) is 8.78 Å². The molecular formula is C14H13F2NO2S. The van der Waals surface area contributed by atoms with Crippen molar-refractivity contribution in [3.05, 3.63) is 57.3 Å². The van der Waals surface area contributed by atoms with E-state index in [0.717, 1.165) is 17.7 Å². The molecule has 2 N–H and O–H groups in total. The lowest BCUT2D eigenvalue weighted by atomic mass is 10.1. The molecule has 6 heteroatoms. The van der Waals surface area contributed by atoms with Gasteiger partial charge in [0, 0.05) is 11.9 Å². The zero-order valence-electron chi connectivity index (χ0n) is 10.7. The maximum atomic E-state index is 13.5. The highest BCUT2D eigenvalue weighted by molar-refractivity contribution is 7.08. The molecule has 0 aliphatic heterocycles. The van der Waals surface area contributed by atoms with Crippen LogP contribution >= 0.6 is 11.3 Å². The van der Waals surface area contributed by atoms with Crippen molar-refractivity contribution in [3.8, 4) is 0 Å². The number of benzene rings is 1. The van der Waals surface area contributed by atoms with Crippen molar-refractivity contribution >= 4 is 17.2 Å². The van der Waals surface area contributed by atoms with Crippen molar-refractivity contribution in [3.63, 3.8) is 0 Å². The van der Waals surface area contributed by atoms with Crippen molar-refractivity contribution in [2.24, 2.45) is 0 Å². The molecule has 2 aromatic rings. The number of rotatable bonds is 4. The highest BCUT2D eigenvalue weighted by atomic mass is 32.1. The van der Waals surface area contributed by atoms with Gasteiger partial charge in [0.25, 0.3) is 5.91 Å². The molecule has 0 saturated carbocycles. The number of carbonyl (C=O) groups is 1. The van der Waals surface area contributed by atoms with E-state index in [0.29, 0.717) is 5.56 Å². The van der Waals surface area contributed by atoms with Crippen molar-refractivity contribution in [1.29, 1.82) is 0 Å². The molecule has 0 radical (unpaired) electrons. The van der Waals surface area contributed by atoms with Crippen molar-refractivity contribution < 1.29 is 18.7 Å². The fraction of sp³-hybridized carbons (Fsp3) is 0.214. The van der Waals surface area contributed by atoms with Gasteiger partial charge in [-0.3, -0.25) is 4.79 Å². The Bertz CT molecular complexity index is 607. The molecule has 106 valence electrons. The second kappa shape index (κ2) is 6.11. The van der Waals surface area contributed by atoms with Gasteiger partial charge in [0.1, 0.15) is 17.7 Å². The van der Waals surface area contributed by atoms with Gasteiger partial charge in [0.05, 0.1) is 11.1 Å². The van der Waals surface area contributed by atoms with E-state index in [2.05, 4.69) is 5.32 Å². The largest absolute Gasteiger partial charge is 0.386 e. The molecule has 1 amide bonds. The number of halogens is 2. The molecule has 1 heterocycles. The second-order valence-electron chi connectivity index (χ2n) is 4.33. The molecule has 0 fully saturated rings. The Morgan fingerprint density at radius 2 is 2.00 bits per heavy atom. The first kappa shape index (κ1) is 14.6. The van der Waals surface area contributed by atoms with Gasteiger partial charge in [-0.2, -0.15) is 11.3 Å². The third-order valence-electron chi connectivity index (χ3n) is 2.89. The van der Waals surface area contributed by atoms with Gasteiger partial charge in [0.2, 0.25) is 0 Å². The summed E-state index contributed by atoms with van der Waals surface area (Å²) in [5.74, 6) is -2.04. The highest BCUT2D eigenvalue weighted by Crippen LogP contribution is 2.20. The van der Waals surface area contributed by atoms with Gasteiger partial charge in [-0.15, -0.1) is 0 Å². The average Bonchev–Trinajstić information content (AvgIpc) is 2.82. The average molecular weight is 297 g/mol. The van der Waals surface area contributed by atoms with Gasteiger partial charge in [-0.1, -0.05) is 6.07 Å². The SMILES string of the molecule is Cc1cscc1C(=O)NCC(O)c1c(F)cccc1F. The zero-order valence-corrected chi connectivity index (χ0v) is 11.5. The first-order valence-electron chi connectivity index (χ1n) is 5.93. The maximum absolute atomic E-state index is 13.5. The standard InChI is InChI=1S/C14H13F2NO2S/c1-8-6-20-7-9(8)14(19)17-5-12(18)13-10(15)3-2-4-11(13)16/h2-4,6-7,12,18H,5H2,1H3,(H,17,19). The van der Waals surface area contributed by atoms with Crippen LogP contribution in [0.4, 0.5) is 8.78 Å². The molecule has 0 saturated heterocycles. The second-order valence-corrected chi connectivity index (χ2v) is 5.07. The van der Waals surface area contributed by atoms with E-state index >= 15 is 0 Å². The topological polar surface area (TPSA) is 49.3 Å². The Morgan fingerprint density at radius 1 is 1.35 bits per heavy atom. The molecule has 1 aromatic heterocycles. The van der Waals surface area contributed by atoms with Crippen LogP contribution in [0.2, 0.25) is 0 Å². The number of hydrogen-bond donors (Lipinski definition) is 2. The summed E-state index contributed by atoms with van der Waals surface area (Å²) in [6.07, 6.45) is -1.43. The van der Waals surface area contributed by atoms with Crippen LogP contribution in [0.1, 0.15) is 27.6 Å². The van der Waals surface area contributed by atoms with Crippen molar-refractivity contribution in [1.82, 2.24) is 5.32 Å². The summed E-state index contributed by atoms with van der Waals surface area (Å²) in [6.45, 7) is 1.53. The molecule has 2 rings (SSSR count). The summed E-state index contributed by atoms with van der Waals surface area (Å²) >= 11 is 1.39. The molecular weight excluding hydrogens is 284 g/mol. The Morgan fingerprint density at radius 3 is 2.55 bits per heavy atom. The van der Waals surface area contributed by atoms with E-state index in [1.807, 2.05) is 5.38 Å². The quantitative estimate of drug-likeness (QED) is 0.911. The summed E-state index contributed by atoms with van der Waals surface area (Å²) in [4.78, 5) is 11.8. The normalized spacial score (nSPS) is 12.2. The zero-order chi connectivity index (χ0) is 14.7. The molecule has 3 nitrogen and oxygen atoms in total. The highest BCUT2D eigenvalue weighted by Gasteiger charge is 2.19. The number of aliphatic hydroxyl groups is 1. The van der Waals surface area contributed by atoms with Crippen LogP contribution in [0.25, 0.3) is 0 Å². The first-order valence-corrected chi connectivity index (χ1v) is 6.88. The summed E-state index contributed by atoms with van der Waals surface area (Å²) < 4.78 is 26.9. The minimum atomic E-state index is -1.43. The van der Waals surface area contributed by atoms with Crippen LogP contribution in [0.3, 0.4) is 0 Å². The fourth-order valence-electron chi connectivity index (χ4n) is 1.81. The smallest absolute Gasteiger partial charge is 0.252 e. The lowest BCUT2D eigenvalue weighted by Gasteiger charge is -2.13. The molecule has 0 bridgehead atoms. The van der Waals surface area contributed by atoms with Crippen LogP contribution in [0, 0.1) is 18.6 Å². The Kier molecular flexibility index (Phi) is 4.46. The third kappa shape index (κ3) is 3.02. The monoisotopic (exact) mass is 297 g/mol. The Balaban J connectivity index is 2.04. The van der Waals surface area contributed by atoms with E-state index in [9.17, 15) is 18.7 Å². The maximum Gasteiger partial charge on any atom is 0.252 e. The van der Waals surface area contributed by atoms with E-state index in [4.69, 9.17) is 0 Å². The summed E-state index contributed by atoms with van der Waals surface area (Å²) in [5, 5.41) is 15.8. The number of carbonyl (C=O) groups excluding carboxylic acids is 1. The fourth-order valence-corrected chi connectivity index (χ4v) is 2.64. The van der Waals surface area contributed by atoms with Crippen LogP contribution in [0.15, 0.2) is 29.0 Å². The molecule has 20 heavy (non-hydrogen) atoms. The number of aryl methyl sites for hydroxylation is 1. The lowest BCUT2D eigenvalue weighted by Crippen LogP contribution is -2.29. The van der Waals surface area contributed by atoms with Crippen LogP contribution in [-0.2, 0) is 0 Å². The predicted octanol–water partition coefficient (Wildman–Crippen LogP) is 2.80. The van der Waals surface area contributed by atoms with E-state index < -0.39 is 23.3 Å². The first-order chi connectivity index (χ1) is 9.50. The van der Waals surface area contributed by atoms with Crippen LogP contribution in [-0.4, -0.2) is 17.6 Å².